The zero-order chi connectivity index (χ0) is 14.2. The molecule has 0 aliphatic heterocycles. The lowest BCUT2D eigenvalue weighted by Crippen LogP contribution is -2.48. The summed E-state index contributed by atoms with van der Waals surface area (Å²) in [4.78, 5) is 24.4. The van der Waals surface area contributed by atoms with Gasteiger partial charge in [-0.3, -0.25) is 4.57 Å². The Hall–Kier alpha value is -0.580. The highest BCUT2D eigenvalue weighted by Crippen LogP contribution is 2.04. The van der Waals surface area contributed by atoms with E-state index in [1.54, 1.807) is 0 Å². The Morgan fingerprint density at radius 2 is 1.41 bits per heavy atom. The molecule has 10 nitrogen and oxygen atoms in total. The van der Waals surface area contributed by atoms with Crippen molar-refractivity contribution in [3.63, 3.8) is 0 Å². The third-order valence-corrected chi connectivity index (χ3v) is 1.51. The SMILES string of the molecule is O=C(O)[C@H](O)[C@@H](O)[C@H](O)[C@H](O)CO.O=[PH](O)O. The zero-order valence-electron chi connectivity index (χ0n) is 8.41. The molecular weight excluding hydrogens is 263 g/mol. The van der Waals surface area contributed by atoms with E-state index in [1.165, 1.54) is 0 Å². The van der Waals surface area contributed by atoms with Gasteiger partial charge in [0.15, 0.2) is 6.10 Å². The van der Waals surface area contributed by atoms with Crippen molar-refractivity contribution < 1.29 is 49.8 Å². The minimum atomic E-state index is -3.13. The van der Waals surface area contributed by atoms with E-state index in [1.807, 2.05) is 0 Å². The summed E-state index contributed by atoms with van der Waals surface area (Å²) in [6, 6.07) is 0. The second-order valence-electron chi connectivity index (χ2n) is 2.80. The van der Waals surface area contributed by atoms with Gasteiger partial charge in [-0.05, 0) is 0 Å². The molecule has 4 atom stereocenters. The van der Waals surface area contributed by atoms with Crippen LogP contribution in [0.4, 0.5) is 0 Å². The van der Waals surface area contributed by atoms with Crippen LogP contribution in [0, 0.1) is 0 Å². The summed E-state index contributed by atoms with van der Waals surface area (Å²) in [5.74, 6) is -1.73. The number of carboxylic acids is 1. The Bertz CT molecular complexity index is 241. The Morgan fingerprint density at radius 1 is 1.06 bits per heavy atom. The molecule has 0 spiro atoms. The standard InChI is InChI=1S/C6H12O7.H3O3P/c7-1-2(8)3(9)4(10)5(11)6(12)13;1-4(2)3/h2-5,7-11H,1H2,(H,12,13);4H,(H2,1,2,3)/t2-,3-,4+,5-;/m1./s1. The van der Waals surface area contributed by atoms with Crippen LogP contribution < -0.4 is 0 Å². The first-order valence-corrected chi connectivity index (χ1v) is 5.43. The predicted octanol–water partition coefficient (Wildman–Crippen LogP) is -4.13. The van der Waals surface area contributed by atoms with E-state index in [4.69, 9.17) is 45.0 Å². The van der Waals surface area contributed by atoms with Gasteiger partial charge in [0.2, 0.25) is 0 Å². The van der Waals surface area contributed by atoms with Crippen LogP contribution in [0.3, 0.4) is 0 Å². The first-order chi connectivity index (χ1) is 7.64. The second kappa shape index (κ2) is 9.45. The summed E-state index contributed by atoms with van der Waals surface area (Å²) in [6.45, 7) is -0.843. The average molecular weight is 278 g/mol. The number of hydrogen-bond donors (Lipinski definition) is 8. The van der Waals surface area contributed by atoms with E-state index in [2.05, 4.69) is 0 Å². The summed E-state index contributed by atoms with van der Waals surface area (Å²) in [6.07, 6.45) is -7.84. The van der Waals surface area contributed by atoms with Gasteiger partial charge in [0.1, 0.15) is 18.3 Å². The number of aliphatic hydroxyl groups is 5. The summed E-state index contributed by atoms with van der Waals surface area (Å²) in [7, 11) is -3.13. The molecule has 0 saturated carbocycles. The molecule has 0 aliphatic carbocycles. The molecule has 0 unspecified atom stereocenters. The fourth-order valence-electron chi connectivity index (χ4n) is 0.668. The fraction of sp³-hybridized carbons (Fsp3) is 0.833. The summed E-state index contributed by atoms with van der Waals surface area (Å²) >= 11 is 0. The number of carboxylic acid groups (broad SMARTS) is 1. The molecule has 0 aliphatic rings. The summed E-state index contributed by atoms with van der Waals surface area (Å²) in [5, 5.41) is 51.8. The third-order valence-electron chi connectivity index (χ3n) is 1.51. The third kappa shape index (κ3) is 9.15. The number of rotatable bonds is 5. The molecule has 0 rings (SSSR count). The van der Waals surface area contributed by atoms with E-state index < -0.39 is 45.2 Å². The van der Waals surface area contributed by atoms with Gasteiger partial charge >= 0.3 is 14.2 Å². The molecule has 0 bridgehead atoms. The summed E-state index contributed by atoms with van der Waals surface area (Å²) < 4.78 is 8.74. The topological polar surface area (TPSA) is 196 Å². The van der Waals surface area contributed by atoms with Crippen LogP contribution in [0.25, 0.3) is 0 Å². The van der Waals surface area contributed by atoms with Crippen molar-refractivity contribution in [2.45, 2.75) is 24.4 Å². The van der Waals surface area contributed by atoms with Crippen molar-refractivity contribution in [3.8, 4) is 0 Å². The first kappa shape index (κ1) is 18.8. The van der Waals surface area contributed by atoms with E-state index in [0.717, 1.165) is 0 Å². The number of aliphatic hydroxyl groups excluding tert-OH is 5. The Labute approximate surface area is 96.0 Å². The Balaban J connectivity index is 0. The lowest BCUT2D eigenvalue weighted by atomic mass is 10.0. The van der Waals surface area contributed by atoms with Crippen LogP contribution in [-0.2, 0) is 9.36 Å². The van der Waals surface area contributed by atoms with Gasteiger partial charge in [-0.1, -0.05) is 0 Å². The van der Waals surface area contributed by atoms with E-state index in [0.29, 0.717) is 0 Å². The van der Waals surface area contributed by atoms with E-state index >= 15 is 0 Å². The van der Waals surface area contributed by atoms with Crippen molar-refractivity contribution in [3.05, 3.63) is 0 Å². The van der Waals surface area contributed by atoms with Gasteiger partial charge in [0.05, 0.1) is 6.61 Å². The fourth-order valence-corrected chi connectivity index (χ4v) is 0.668. The normalized spacial score (nSPS) is 17.6. The van der Waals surface area contributed by atoms with Gasteiger partial charge in [-0.15, -0.1) is 0 Å². The maximum atomic E-state index is 10.1. The van der Waals surface area contributed by atoms with E-state index in [9.17, 15) is 4.79 Å². The lowest BCUT2D eigenvalue weighted by Gasteiger charge is -2.23. The molecule has 0 aromatic heterocycles. The number of carbonyl (C=O) groups is 1. The molecule has 0 radical (unpaired) electrons. The smallest absolute Gasteiger partial charge is 0.335 e. The molecule has 0 fully saturated rings. The monoisotopic (exact) mass is 278 g/mol. The first-order valence-electron chi connectivity index (χ1n) is 4.13. The highest BCUT2D eigenvalue weighted by molar-refractivity contribution is 7.30. The molecule has 0 aromatic carbocycles. The molecule has 0 aromatic rings. The minimum Gasteiger partial charge on any atom is -0.479 e. The maximum Gasteiger partial charge on any atom is 0.335 e. The van der Waals surface area contributed by atoms with Crippen LogP contribution in [0.1, 0.15) is 0 Å². The molecule has 0 amide bonds. The van der Waals surface area contributed by atoms with Gasteiger partial charge in [-0.25, -0.2) is 4.79 Å². The van der Waals surface area contributed by atoms with Crippen molar-refractivity contribution in [2.24, 2.45) is 0 Å². The lowest BCUT2D eigenvalue weighted by molar-refractivity contribution is -0.164. The maximum absolute atomic E-state index is 10.1. The van der Waals surface area contributed by atoms with Gasteiger partial charge in [-0.2, -0.15) is 0 Å². The quantitative estimate of drug-likeness (QED) is 0.228. The van der Waals surface area contributed by atoms with Gasteiger partial charge in [0, 0.05) is 0 Å². The van der Waals surface area contributed by atoms with Crippen LogP contribution in [0.15, 0.2) is 0 Å². The van der Waals surface area contributed by atoms with Crippen molar-refractivity contribution in [2.75, 3.05) is 6.61 Å². The summed E-state index contributed by atoms with van der Waals surface area (Å²) in [5.41, 5.74) is 0. The molecule has 0 heterocycles. The molecule has 104 valence electrons. The van der Waals surface area contributed by atoms with Crippen molar-refractivity contribution in [1.29, 1.82) is 0 Å². The van der Waals surface area contributed by atoms with Crippen molar-refractivity contribution >= 4 is 14.2 Å². The van der Waals surface area contributed by atoms with Gasteiger partial charge < -0.3 is 40.4 Å². The molecule has 17 heavy (non-hydrogen) atoms. The molecule has 0 saturated heterocycles. The predicted molar refractivity (Wildman–Crippen MR) is 52.2 cm³/mol. The molecule has 8 N–H and O–H groups in total. The van der Waals surface area contributed by atoms with Crippen LogP contribution in [0.5, 0.6) is 0 Å². The van der Waals surface area contributed by atoms with Crippen molar-refractivity contribution in [1.82, 2.24) is 0 Å². The number of aliphatic carboxylic acids is 1. The van der Waals surface area contributed by atoms with Gasteiger partial charge in [0.25, 0.3) is 0 Å². The van der Waals surface area contributed by atoms with Crippen LogP contribution in [0.2, 0.25) is 0 Å². The Kier molecular flexibility index (Phi) is 10.4. The molecule has 11 heteroatoms. The highest BCUT2D eigenvalue weighted by Gasteiger charge is 2.33. The highest BCUT2D eigenvalue weighted by atomic mass is 31.1. The largest absolute Gasteiger partial charge is 0.479 e. The zero-order valence-corrected chi connectivity index (χ0v) is 9.41. The second-order valence-corrected chi connectivity index (χ2v) is 3.36. The average Bonchev–Trinajstić information content (AvgIpc) is 2.23. The van der Waals surface area contributed by atoms with Crippen LogP contribution in [-0.4, -0.2) is 77.4 Å². The van der Waals surface area contributed by atoms with Crippen LogP contribution >= 0.6 is 8.25 Å². The number of hydrogen-bond acceptors (Lipinski definition) is 7. The van der Waals surface area contributed by atoms with E-state index in [-0.39, 0.29) is 0 Å². The minimum absolute atomic E-state index is 0.843. The molecular formula is C6H15O10P. The Morgan fingerprint density at radius 3 is 1.65 bits per heavy atom.